The van der Waals surface area contributed by atoms with Gasteiger partial charge in [0.15, 0.2) is 0 Å². The fourth-order valence-electron chi connectivity index (χ4n) is 2.33. The molecular formula is C18H39N3S. The summed E-state index contributed by atoms with van der Waals surface area (Å²) in [5, 5.41) is 10.8. The molecule has 132 valence electrons. The van der Waals surface area contributed by atoms with E-state index in [1.807, 2.05) is 6.08 Å². The maximum absolute atomic E-state index is 4.55. The SMILES string of the molecule is C=CCNC(S)CCC(C)CNC(C)(C)CCCNC(C)C. The number of hydrogen-bond donors (Lipinski definition) is 4. The van der Waals surface area contributed by atoms with E-state index in [0.29, 0.717) is 12.0 Å². The second kappa shape index (κ2) is 12.4. The lowest BCUT2D eigenvalue weighted by Crippen LogP contribution is -2.42. The Labute approximate surface area is 144 Å². The molecule has 0 saturated carbocycles. The van der Waals surface area contributed by atoms with E-state index in [0.717, 1.165) is 26.1 Å². The van der Waals surface area contributed by atoms with Gasteiger partial charge in [0.25, 0.3) is 0 Å². The molecule has 0 aromatic rings. The summed E-state index contributed by atoms with van der Waals surface area (Å²) >= 11 is 4.55. The van der Waals surface area contributed by atoms with Gasteiger partial charge in [0.2, 0.25) is 0 Å². The van der Waals surface area contributed by atoms with Crippen molar-refractivity contribution in [1.29, 1.82) is 0 Å². The lowest BCUT2D eigenvalue weighted by Gasteiger charge is -2.29. The number of hydrogen-bond acceptors (Lipinski definition) is 4. The lowest BCUT2D eigenvalue weighted by atomic mass is 9.96. The van der Waals surface area contributed by atoms with E-state index in [1.165, 1.54) is 19.3 Å². The molecule has 0 aromatic carbocycles. The summed E-state index contributed by atoms with van der Waals surface area (Å²) < 4.78 is 0. The van der Waals surface area contributed by atoms with Crippen molar-refractivity contribution in [1.82, 2.24) is 16.0 Å². The first-order valence-electron chi connectivity index (χ1n) is 8.77. The van der Waals surface area contributed by atoms with Crippen LogP contribution in [0.1, 0.15) is 60.3 Å². The van der Waals surface area contributed by atoms with Crippen LogP contribution < -0.4 is 16.0 Å². The average molecular weight is 330 g/mol. The Balaban J connectivity index is 3.77. The Kier molecular flexibility index (Phi) is 12.4. The van der Waals surface area contributed by atoms with Gasteiger partial charge in [-0.1, -0.05) is 26.8 Å². The molecule has 0 rings (SSSR count). The van der Waals surface area contributed by atoms with Gasteiger partial charge in [-0.05, 0) is 58.5 Å². The van der Waals surface area contributed by atoms with Gasteiger partial charge >= 0.3 is 0 Å². The summed E-state index contributed by atoms with van der Waals surface area (Å²) in [6.07, 6.45) is 6.59. The molecule has 4 heteroatoms. The lowest BCUT2D eigenvalue weighted by molar-refractivity contribution is 0.316. The first kappa shape index (κ1) is 22.0. The van der Waals surface area contributed by atoms with Crippen molar-refractivity contribution in [2.45, 2.75) is 77.3 Å². The van der Waals surface area contributed by atoms with Crippen LogP contribution in [0.15, 0.2) is 12.7 Å². The van der Waals surface area contributed by atoms with Gasteiger partial charge < -0.3 is 16.0 Å². The summed E-state index contributed by atoms with van der Waals surface area (Å²) in [4.78, 5) is 0. The maximum atomic E-state index is 4.55. The smallest absolute Gasteiger partial charge is 0.0504 e. The molecule has 2 atom stereocenters. The Bertz CT molecular complexity index is 280. The van der Waals surface area contributed by atoms with Crippen molar-refractivity contribution >= 4 is 12.6 Å². The van der Waals surface area contributed by atoms with Crippen molar-refractivity contribution in [3.05, 3.63) is 12.7 Å². The highest BCUT2D eigenvalue weighted by molar-refractivity contribution is 7.80. The number of thiol groups is 1. The Morgan fingerprint density at radius 3 is 2.41 bits per heavy atom. The van der Waals surface area contributed by atoms with Crippen LogP contribution >= 0.6 is 12.6 Å². The minimum Gasteiger partial charge on any atom is -0.315 e. The Morgan fingerprint density at radius 1 is 1.14 bits per heavy atom. The molecule has 0 amide bonds. The third-order valence-corrected chi connectivity index (χ3v) is 4.33. The van der Waals surface area contributed by atoms with Crippen molar-refractivity contribution < 1.29 is 0 Å². The first-order chi connectivity index (χ1) is 10.3. The molecule has 22 heavy (non-hydrogen) atoms. The summed E-state index contributed by atoms with van der Waals surface area (Å²) in [6.45, 7) is 18.1. The molecule has 0 spiro atoms. The van der Waals surface area contributed by atoms with Crippen LogP contribution in [-0.2, 0) is 0 Å². The molecule has 3 nitrogen and oxygen atoms in total. The molecule has 0 heterocycles. The van der Waals surface area contributed by atoms with Crippen molar-refractivity contribution in [2.75, 3.05) is 19.6 Å². The monoisotopic (exact) mass is 329 g/mol. The van der Waals surface area contributed by atoms with E-state index in [-0.39, 0.29) is 10.9 Å². The Hall–Kier alpha value is -0.0300. The highest BCUT2D eigenvalue weighted by atomic mass is 32.1. The third kappa shape index (κ3) is 13.6. The minimum absolute atomic E-state index is 0.217. The Morgan fingerprint density at radius 2 is 1.82 bits per heavy atom. The summed E-state index contributed by atoms with van der Waals surface area (Å²) in [5.41, 5.74) is 0.217. The predicted molar refractivity (Wildman–Crippen MR) is 104 cm³/mol. The van der Waals surface area contributed by atoms with E-state index in [9.17, 15) is 0 Å². The normalized spacial score (nSPS) is 15.0. The van der Waals surface area contributed by atoms with Crippen LogP contribution in [0.4, 0.5) is 0 Å². The minimum atomic E-state index is 0.217. The van der Waals surface area contributed by atoms with Crippen LogP contribution in [0.5, 0.6) is 0 Å². The van der Waals surface area contributed by atoms with Crippen LogP contribution in [0.25, 0.3) is 0 Å². The molecule has 3 N–H and O–H groups in total. The third-order valence-electron chi connectivity index (χ3n) is 3.89. The summed E-state index contributed by atoms with van der Waals surface area (Å²) in [5.74, 6) is 0.674. The van der Waals surface area contributed by atoms with Crippen molar-refractivity contribution in [3.8, 4) is 0 Å². The molecule has 0 radical (unpaired) electrons. The van der Waals surface area contributed by atoms with Gasteiger partial charge in [0.1, 0.15) is 0 Å². The van der Waals surface area contributed by atoms with Gasteiger partial charge in [-0.25, -0.2) is 0 Å². The number of nitrogens with one attached hydrogen (secondary N) is 3. The zero-order valence-corrected chi connectivity index (χ0v) is 16.3. The van der Waals surface area contributed by atoms with Crippen molar-refractivity contribution in [2.24, 2.45) is 5.92 Å². The van der Waals surface area contributed by atoms with E-state index >= 15 is 0 Å². The molecule has 0 saturated heterocycles. The summed E-state index contributed by atoms with van der Waals surface area (Å²) in [6, 6.07) is 0.583. The predicted octanol–water partition coefficient (Wildman–Crippen LogP) is 3.58. The molecular weight excluding hydrogens is 290 g/mol. The van der Waals surface area contributed by atoms with Crippen LogP contribution in [0.2, 0.25) is 0 Å². The van der Waals surface area contributed by atoms with Gasteiger partial charge in [-0.15, -0.1) is 6.58 Å². The quantitative estimate of drug-likeness (QED) is 0.170. The molecule has 0 aliphatic carbocycles. The first-order valence-corrected chi connectivity index (χ1v) is 9.29. The second-order valence-electron chi connectivity index (χ2n) is 7.37. The second-order valence-corrected chi connectivity index (χ2v) is 8.00. The van der Waals surface area contributed by atoms with Gasteiger partial charge in [0, 0.05) is 18.1 Å². The molecule has 0 bridgehead atoms. The zero-order chi connectivity index (χ0) is 17.0. The van der Waals surface area contributed by atoms with Crippen molar-refractivity contribution in [3.63, 3.8) is 0 Å². The topological polar surface area (TPSA) is 36.1 Å². The highest BCUT2D eigenvalue weighted by Gasteiger charge is 2.17. The van der Waals surface area contributed by atoms with Gasteiger partial charge in [0.05, 0.1) is 5.37 Å². The van der Waals surface area contributed by atoms with E-state index in [4.69, 9.17) is 0 Å². The highest BCUT2D eigenvalue weighted by Crippen LogP contribution is 2.14. The fourth-order valence-corrected chi connectivity index (χ4v) is 2.58. The average Bonchev–Trinajstić information content (AvgIpc) is 2.45. The zero-order valence-electron chi connectivity index (χ0n) is 15.4. The maximum Gasteiger partial charge on any atom is 0.0504 e. The molecule has 0 aromatic heterocycles. The number of rotatable bonds is 14. The fraction of sp³-hybridized carbons (Fsp3) is 0.889. The van der Waals surface area contributed by atoms with E-state index in [2.05, 4.69) is 69.8 Å². The van der Waals surface area contributed by atoms with Gasteiger partial charge in [-0.3, -0.25) is 0 Å². The molecule has 0 fully saturated rings. The largest absolute Gasteiger partial charge is 0.315 e. The van der Waals surface area contributed by atoms with Gasteiger partial charge in [-0.2, -0.15) is 12.6 Å². The van der Waals surface area contributed by atoms with E-state index < -0.39 is 0 Å². The van der Waals surface area contributed by atoms with E-state index in [1.54, 1.807) is 0 Å². The molecule has 2 unspecified atom stereocenters. The van der Waals surface area contributed by atoms with Crippen LogP contribution in [0, 0.1) is 5.92 Å². The standard InChI is InChI=1S/C18H39N3S/c1-7-12-20-17(22)10-9-16(4)14-21-18(5,6)11-8-13-19-15(2)3/h7,15-17,19-22H,1,8-14H2,2-6H3. The van der Waals surface area contributed by atoms with Crippen LogP contribution in [-0.4, -0.2) is 36.6 Å². The molecule has 0 aliphatic rings. The summed E-state index contributed by atoms with van der Waals surface area (Å²) in [7, 11) is 0. The van der Waals surface area contributed by atoms with Crippen LogP contribution in [0.3, 0.4) is 0 Å². The molecule has 0 aliphatic heterocycles.